The van der Waals surface area contributed by atoms with Crippen molar-refractivity contribution in [1.29, 1.82) is 0 Å². The van der Waals surface area contributed by atoms with Gasteiger partial charge in [-0.05, 0) is 38.5 Å². The zero-order chi connectivity index (χ0) is 10.3. The van der Waals surface area contributed by atoms with E-state index >= 15 is 0 Å². The Labute approximate surface area is 91.6 Å². The lowest BCUT2D eigenvalue weighted by Crippen LogP contribution is -2.08. The van der Waals surface area contributed by atoms with Crippen LogP contribution in [0, 0.1) is 0 Å². The van der Waals surface area contributed by atoms with Gasteiger partial charge in [-0.25, -0.2) is 0 Å². The molecule has 0 aromatic carbocycles. The number of hydrogen-bond donors (Lipinski definition) is 0. The molecule has 0 bridgehead atoms. The van der Waals surface area contributed by atoms with E-state index in [2.05, 4.69) is 10.1 Å². The van der Waals surface area contributed by atoms with Crippen LogP contribution < -0.4 is 0 Å². The summed E-state index contributed by atoms with van der Waals surface area (Å²) in [6.07, 6.45) is 10.8. The first-order chi connectivity index (χ1) is 7.45. The molecule has 0 aromatic rings. The van der Waals surface area contributed by atoms with E-state index in [-0.39, 0.29) is 0 Å². The quantitative estimate of drug-likeness (QED) is 0.609. The molecule has 0 atom stereocenters. The molecule has 0 saturated heterocycles. The Kier molecular flexibility index (Phi) is 4.18. The van der Waals surface area contributed by atoms with Crippen molar-refractivity contribution in [2.24, 2.45) is 10.1 Å². The van der Waals surface area contributed by atoms with Crippen LogP contribution in [0.4, 0.5) is 0 Å². The average Bonchev–Trinajstić information content (AvgIpc) is 2.56. The van der Waals surface area contributed by atoms with Gasteiger partial charge in [-0.3, -0.25) is 4.99 Å². The molecule has 0 radical (unpaired) electrons. The van der Waals surface area contributed by atoms with Gasteiger partial charge in [0, 0.05) is 13.0 Å². The molecule has 2 rings (SSSR count). The fraction of sp³-hybridized carbons (Fsp3) is 0.833. The van der Waals surface area contributed by atoms with E-state index in [9.17, 15) is 0 Å². The first-order valence-corrected chi connectivity index (χ1v) is 6.21. The number of rotatable bonds is 1. The lowest BCUT2D eigenvalue weighted by atomic mass is 9.99. The summed E-state index contributed by atoms with van der Waals surface area (Å²) < 4.78 is 0. The summed E-state index contributed by atoms with van der Waals surface area (Å²) in [5, 5.41) is 4.23. The van der Waals surface area contributed by atoms with Crippen LogP contribution in [-0.2, 0) is 4.84 Å². The normalized spacial score (nSPS) is 22.9. The van der Waals surface area contributed by atoms with Gasteiger partial charge in [0.05, 0.1) is 5.71 Å². The largest absolute Gasteiger partial charge is 0.342 e. The highest BCUT2D eigenvalue weighted by Crippen LogP contribution is 2.15. The third kappa shape index (κ3) is 3.65. The second-order valence-electron chi connectivity index (χ2n) is 4.40. The van der Waals surface area contributed by atoms with E-state index in [1.807, 2.05) is 0 Å². The summed E-state index contributed by atoms with van der Waals surface area (Å²) in [6, 6.07) is 0. The van der Waals surface area contributed by atoms with Crippen molar-refractivity contribution in [2.45, 2.75) is 57.8 Å². The SMILES string of the molecule is C1CCC(=NOC2=NCCCCC2)CC1. The van der Waals surface area contributed by atoms with Crippen molar-refractivity contribution >= 4 is 11.6 Å². The molecular weight excluding hydrogens is 188 g/mol. The number of aliphatic imine (C=N–C) groups is 1. The minimum atomic E-state index is 0.852. The minimum Gasteiger partial charge on any atom is -0.342 e. The van der Waals surface area contributed by atoms with E-state index in [1.54, 1.807) is 0 Å². The third-order valence-corrected chi connectivity index (χ3v) is 3.05. The highest BCUT2D eigenvalue weighted by atomic mass is 16.6. The van der Waals surface area contributed by atoms with Gasteiger partial charge in [0.1, 0.15) is 0 Å². The Balaban J connectivity index is 1.82. The summed E-state index contributed by atoms with van der Waals surface area (Å²) in [6.45, 7) is 0.917. The summed E-state index contributed by atoms with van der Waals surface area (Å²) in [7, 11) is 0. The Morgan fingerprint density at radius 2 is 1.60 bits per heavy atom. The van der Waals surface area contributed by atoms with Crippen LogP contribution in [0.5, 0.6) is 0 Å². The number of hydrogen-bond acceptors (Lipinski definition) is 3. The second kappa shape index (κ2) is 5.89. The molecule has 1 fully saturated rings. The highest BCUT2D eigenvalue weighted by molar-refractivity contribution is 5.85. The Hall–Kier alpha value is -0.860. The molecule has 0 aromatic heterocycles. The Bertz CT molecular complexity index is 250. The van der Waals surface area contributed by atoms with Crippen molar-refractivity contribution in [3.8, 4) is 0 Å². The Morgan fingerprint density at radius 3 is 2.47 bits per heavy atom. The van der Waals surface area contributed by atoms with Crippen LogP contribution >= 0.6 is 0 Å². The van der Waals surface area contributed by atoms with Gasteiger partial charge in [-0.1, -0.05) is 18.0 Å². The molecule has 3 nitrogen and oxygen atoms in total. The fourth-order valence-electron chi connectivity index (χ4n) is 2.09. The second-order valence-corrected chi connectivity index (χ2v) is 4.40. The van der Waals surface area contributed by atoms with E-state index in [4.69, 9.17) is 4.84 Å². The third-order valence-electron chi connectivity index (χ3n) is 3.05. The van der Waals surface area contributed by atoms with Crippen LogP contribution in [0.1, 0.15) is 57.8 Å². The average molecular weight is 208 g/mol. The molecule has 1 aliphatic heterocycles. The standard InChI is InChI=1S/C12H20N2O/c1-3-7-11(8-4-1)14-15-12-9-5-2-6-10-13-12/h1-10H2. The van der Waals surface area contributed by atoms with Gasteiger partial charge in [-0.2, -0.15) is 0 Å². The number of nitrogens with zero attached hydrogens (tertiary/aromatic N) is 2. The lowest BCUT2D eigenvalue weighted by Gasteiger charge is -2.11. The summed E-state index contributed by atoms with van der Waals surface area (Å²) in [4.78, 5) is 9.84. The first kappa shape index (κ1) is 10.7. The first-order valence-electron chi connectivity index (χ1n) is 6.21. The van der Waals surface area contributed by atoms with Crippen LogP contribution in [0.15, 0.2) is 10.1 Å². The molecule has 15 heavy (non-hydrogen) atoms. The molecule has 2 aliphatic rings. The zero-order valence-electron chi connectivity index (χ0n) is 9.37. The van der Waals surface area contributed by atoms with E-state index in [1.165, 1.54) is 44.2 Å². The maximum atomic E-state index is 5.44. The molecule has 1 aliphatic carbocycles. The molecule has 0 amide bonds. The van der Waals surface area contributed by atoms with Crippen molar-refractivity contribution in [3.63, 3.8) is 0 Å². The highest BCUT2D eigenvalue weighted by Gasteiger charge is 2.09. The molecule has 0 N–H and O–H groups in total. The molecule has 84 valence electrons. The molecule has 1 saturated carbocycles. The van der Waals surface area contributed by atoms with Gasteiger partial charge in [-0.15, -0.1) is 0 Å². The maximum Gasteiger partial charge on any atom is 0.220 e. The van der Waals surface area contributed by atoms with Crippen molar-refractivity contribution in [2.75, 3.05) is 6.54 Å². The molecule has 0 spiro atoms. The van der Waals surface area contributed by atoms with Gasteiger partial charge in [0.25, 0.3) is 0 Å². The van der Waals surface area contributed by atoms with Gasteiger partial charge in [0.2, 0.25) is 5.90 Å². The molecule has 3 heteroatoms. The lowest BCUT2D eigenvalue weighted by molar-refractivity contribution is 0.312. The van der Waals surface area contributed by atoms with Gasteiger partial charge in [0.15, 0.2) is 0 Å². The smallest absolute Gasteiger partial charge is 0.220 e. The topological polar surface area (TPSA) is 34.0 Å². The van der Waals surface area contributed by atoms with Crippen LogP contribution in [0.3, 0.4) is 0 Å². The summed E-state index contributed by atoms with van der Waals surface area (Å²) in [5.41, 5.74) is 1.23. The van der Waals surface area contributed by atoms with Crippen molar-refractivity contribution in [3.05, 3.63) is 0 Å². The molecular formula is C12H20N2O. The molecule has 0 unspecified atom stereocenters. The predicted molar refractivity (Wildman–Crippen MR) is 62.4 cm³/mol. The van der Waals surface area contributed by atoms with Gasteiger partial charge >= 0.3 is 0 Å². The minimum absolute atomic E-state index is 0.852. The van der Waals surface area contributed by atoms with Crippen molar-refractivity contribution in [1.82, 2.24) is 0 Å². The van der Waals surface area contributed by atoms with Gasteiger partial charge < -0.3 is 4.84 Å². The van der Waals surface area contributed by atoms with Crippen LogP contribution in [-0.4, -0.2) is 18.2 Å². The maximum absolute atomic E-state index is 5.44. The molecule has 1 heterocycles. The fourth-order valence-corrected chi connectivity index (χ4v) is 2.09. The van der Waals surface area contributed by atoms with Crippen molar-refractivity contribution < 1.29 is 4.84 Å². The van der Waals surface area contributed by atoms with E-state index in [0.717, 1.165) is 31.7 Å². The monoisotopic (exact) mass is 208 g/mol. The van der Waals surface area contributed by atoms with Crippen LogP contribution in [0.2, 0.25) is 0 Å². The summed E-state index contributed by atoms with van der Waals surface area (Å²) >= 11 is 0. The van der Waals surface area contributed by atoms with E-state index in [0.29, 0.717) is 0 Å². The Morgan fingerprint density at radius 1 is 0.867 bits per heavy atom. The van der Waals surface area contributed by atoms with Crippen LogP contribution in [0.25, 0.3) is 0 Å². The zero-order valence-corrected chi connectivity index (χ0v) is 9.37. The predicted octanol–water partition coefficient (Wildman–Crippen LogP) is 3.30. The van der Waals surface area contributed by atoms with E-state index < -0.39 is 0 Å². The number of oxime groups is 1. The summed E-state index contributed by atoms with van der Waals surface area (Å²) in [5.74, 6) is 0.852.